The van der Waals surface area contributed by atoms with Crippen molar-refractivity contribution < 1.29 is 25.7 Å². The van der Waals surface area contributed by atoms with Gasteiger partial charge in [-0.2, -0.15) is 23.4 Å². The van der Waals surface area contributed by atoms with Gasteiger partial charge in [-0.25, -0.2) is 18.1 Å². The molecular weight excluding hydrogens is 489 g/mol. The molecule has 0 atom stereocenters. The second-order valence-electron chi connectivity index (χ2n) is 6.03. The van der Waals surface area contributed by atoms with Crippen molar-refractivity contribution in [1.82, 2.24) is 24.5 Å². The van der Waals surface area contributed by atoms with Crippen LogP contribution in [0.25, 0.3) is 16.7 Å². The molecule has 1 aromatic carbocycles. The maximum absolute atomic E-state index is 13.0. The maximum atomic E-state index is 13.0. The Bertz CT molecular complexity index is 1470. The van der Waals surface area contributed by atoms with Gasteiger partial charge in [0.25, 0.3) is 10.0 Å². The van der Waals surface area contributed by atoms with Crippen molar-refractivity contribution in [2.45, 2.75) is 11.1 Å². The second kappa shape index (κ2) is 7.09. The Balaban J connectivity index is 1.72. The third-order valence-electron chi connectivity index (χ3n) is 4.08. The number of hydrogen-bond donors (Lipinski definition) is 1. The summed E-state index contributed by atoms with van der Waals surface area (Å²) in [5, 5.41) is 8.07. The first-order chi connectivity index (χ1) is 15.3. The lowest BCUT2D eigenvalue weighted by molar-refractivity contribution is -0.137. The molecule has 30 heavy (non-hydrogen) atoms. The van der Waals surface area contributed by atoms with Gasteiger partial charge in [0.1, 0.15) is 9.50 Å². The van der Waals surface area contributed by atoms with Crippen molar-refractivity contribution in [3.05, 3.63) is 59.1 Å². The number of rotatable bonds is 4. The van der Waals surface area contributed by atoms with Crippen molar-refractivity contribution in [2.24, 2.45) is 6.98 Å². The Kier molecular flexibility index (Phi) is 3.98. The lowest BCUT2D eigenvalue weighted by Crippen LogP contribution is -2.13. The van der Waals surface area contributed by atoms with Gasteiger partial charge >= 0.3 is 6.18 Å². The average molecular weight is 504 g/mol. The highest BCUT2D eigenvalue weighted by molar-refractivity contribution is 9.10. The number of pyridine rings is 1. The quantitative estimate of drug-likeness (QED) is 0.457. The molecule has 3 aromatic heterocycles. The van der Waals surface area contributed by atoms with Crippen LogP contribution in [-0.4, -0.2) is 33.0 Å². The van der Waals surface area contributed by atoms with Crippen LogP contribution in [0, 0.1) is 0 Å². The number of halogens is 4. The lowest BCUT2D eigenvalue weighted by Gasteiger charge is -2.09. The normalized spacial score (nSPS) is 14.3. The van der Waals surface area contributed by atoms with E-state index in [9.17, 15) is 21.6 Å². The van der Waals surface area contributed by atoms with Crippen LogP contribution in [0.1, 0.15) is 9.68 Å². The van der Waals surface area contributed by atoms with Crippen LogP contribution in [0.5, 0.6) is 0 Å². The molecule has 0 amide bonds. The first kappa shape index (κ1) is 16.8. The van der Waals surface area contributed by atoms with Gasteiger partial charge in [-0.3, -0.25) is 9.40 Å². The van der Waals surface area contributed by atoms with E-state index in [1.54, 1.807) is 6.07 Å². The molecule has 0 radical (unpaired) electrons. The van der Waals surface area contributed by atoms with Gasteiger partial charge in [0.05, 0.1) is 29.2 Å². The summed E-state index contributed by atoms with van der Waals surface area (Å²) < 4.78 is 91.8. The van der Waals surface area contributed by atoms with Gasteiger partial charge in [0.15, 0.2) is 5.82 Å². The third-order valence-corrected chi connectivity index (χ3v) is 5.98. The van der Waals surface area contributed by atoms with E-state index in [0.29, 0.717) is 10.1 Å². The molecule has 4 aromatic rings. The first-order valence-corrected chi connectivity index (χ1v) is 10.3. The number of para-hydroxylation sites is 1. The van der Waals surface area contributed by atoms with Crippen LogP contribution in [0.15, 0.2) is 58.4 Å². The van der Waals surface area contributed by atoms with Crippen LogP contribution < -0.4 is 4.72 Å². The molecule has 0 saturated heterocycles. The minimum absolute atomic E-state index is 0.0138. The van der Waals surface area contributed by atoms with Gasteiger partial charge in [-0.15, -0.1) is 0 Å². The summed E-state index contributed by atoms with van der Waals surface area (Å²) >= 11 is 3.16. The molecule has 0 aliphatic carbocycles. The molecule has 13 heteroatoms. The molecule has 0 unspecified atom stereocenters. The molecule has 0 saturated carbocycles. The molecule has 1 N–H and O–H groups in total. The maximum Gasteiger partial charge on any atom is 0.416 e. The van der Waals surface area contributed by atoms with Crippen molar-refractivity contribution in [2.75, 3.05) is 4.72 Å². The molecule has 0 aliphatic rings. The fourth-order valence-electron chi connectivity index (χ4n) is 2.71. The summed E-state index contributed by atoms with van der Waals surface area (Å²) in [5.74, 6) is -0.238. The fourth-order valence-corrected chi connectivity index (χ4v) is 4.18. The van der Waals surface area contributed by atoms with E-state index in [4.69, 9.17) is 4.11 Å². The van der Waals surface area contributed by atoms with Gasteiger partial charge in [0.2, 0.25) is 0 Å². The largest absolute Gasteiger partial charge is 0.416 e. The number of nitrogens with zero attached hydrogens (tertiary/aromatic N) is 5. The van der Waals surface area contributed by atoms with Gasteiger partial charge < -0.3 is 0 Å². The summed E-state index contributed by atoms with van der Waals surface area (Å²) in [6.45, 7) is -2.69. The number of sulfonamides is 1. The van der Waals surface area contributed by atoms with Crippen molar-refractivity contribution in [3.8, 4) is 5.82 Å². The van der Waals surface area contributed by atoms with Gasteiger partial charge in [-0.1, -0.05) is 6.07 Å². The SMILES string of the molecule is [2H]C([2H])([2H])n1nc(Br)c2cccc(NS(=O)(=O)c3cnn(-c4cc(C(F)(F)F)ccn4)c3)c21. The first-order valence-electron chi connectivity index (χ1n) is 9.56. The zero-order valence-corrected chi connectivity index (χ0v) is 17.0. The summed E-state index contributed by atoms with van der Waals surface area (Å²) in [7, 11) is -4.31. The molecule has 4 rings (SSSR count). The highest BCUT2D eigenvalue weighted by Gasteiger charge is 2.31. The standard InChI is InChI=1S/C17H12BrF3N6O2S/c1-26-15-12(16(18)24-26)3-2-4-13(15)25-30(28,29)11-8-23-27(9-11)14-7-10(5-6-22-14)17(19,20)21/h2-9,25H,1H3/i1D3. The Morgan fingerprint density at radius 2 is 2.07 bits per heavy atom. The summed E-state index contributed by atoms with van der Waals surface area (Å²) in [6, 6.07) is 5.92. The van der Waals surface area contributed by atoms with E-state index in [1.165, 1.54) is 12.1 Å². The Morgan fingerprint density at radius 3 is 2.80 bits per heavy atom. The zero-order chi connectivity index (χ0) is 24.2. The molecule has 156 valence electrons. The number of hydrogen-bond acceptors (Lipinski definition) is 5. The van der Waals surface area contributed by atoms with Crippen LogP contribution >= 0.6 is 15.9 Å². The van der Waals surface area contributed by atoms with Crippen molar-refractivity contribution >= 4 is 42.5 Å². The molecule has 8 nitrogen and oxygen atoms in total. The summed E-state index contributed by atoms with van der Waals surface area (Å²) in [6.07, 6.45) is -1.76. The molecule has 0 spiro atoms. The van der Waals surface area contributed by atoms with Crippen LogP contribution in [-0.2, 0) is 23.2 Å². The second-order valence-corrected chi connectivity index (χ2v) is 8.46. The minimum atomic E-state index is -4.61. The number of aryl methyl sites for hydroxylation is 1. The van der Waals surface area contributed by atoms with E-state index in [2.05, 4.69) is 35.8 Å². The monoisotopic (exact) mass is 503 g/mol. The highest BCUT2D eigenvalue weighted by atomic mass is 79.9. The summed E-state index contributed by atoms with van der Waals surface area (Å²) in [4.78, 5) is 3.41. The highest BCUT2D eigenvalue weighted by Crippen LogP contribution is 2.31. The number of aromatic nitrogens is 5. The Morgan fingerprint density at radius 1 is 1.27 bits per heavy atom. The van der Waals surface area contributed by atoms with Gasteiger partial charge in [-0.05, 0) is 40.2 Å². The molecule has 0 bridgehead atoms. The van der Waals surface area contributed by atoms with Gasteiger partial charge in [0, 0.05) is 22.7 Å². The molecule has 0 aliphatic heterocycles. The molecular formula is C17H12BrF3N6O2S. The third kappa shape index (κ3) is 3.65. The molecule has 0 fully saturated rings. The van der Waals surface area contributed by atoms with E-state index >= 15 is 0 Å². The van der Waals surface area contributed by atoms with Crippen LogP contribution in [0.3, 0.4) is 0 Å². The minimum Gasteiger partial charge on any atom is -0.277 e. The average Bonchev–Trinajstić information content (AvgIpc) is 3.34. The lowest BCUT2D eigenvalue weighted by atomic mass is 10.2. The number of anilines is 1. The Hall–Kier alpha value is -2.93. The smallest absolute Gasteiger partial charge is 0.277 e. The zero-order valence-electron chi connectivity index (χ0n) is 17.6. The predicted octanol–water partition coefficient (Wildman–Crippen LogP) is 3.74. The van der Waals surface area contributed by atoms with Crippen molar-refractivity contribution in [3.63, 3.8) is 0 Å². The number of nitrogens with one attached hydrogen (secondary N) is 1. The van der Waals surface area contributed by atoms with Crippen molar-refractivity contribution in [1.29, 1.82) is 0 Å². The summed E-state index contributed by atoms with van der Waals surface area (Å²) in [5.41, 5.74) is -1.02. The number of benzene rings is 1. The van der Waals surface area contributed by atoms with Crippen LogP contribution in [0.2, 0.25) is 0 Å². The van der Waals surface area contributed by atoms with E-state index in [1.807, 2.05) is 0 Å². The fraction of sp³-hybridized carbons (Fsp3) is 0.118. The topological polar surface area (TPSA) is 94.7 Å². The van der Waals surface area contributed by atoms with E-state index in [-0.39, 0.29) is 26.5 Å². The number of fused-ring (bicyclic) bond motifs is 1. The Labute approximate surface area is 180 Å². The van der Waals surface area contributed by atoms with E-state index < -0.39 is 28.7 Å². The number of alkyl halides is 3. The van der Waals surface area contributed by atoms with Crippen LogP contribution in [0.4, 0.5) is 18.9 Å². The molecule has 3 heterocycles. The predicted molar refractivity (Wildman–Crippen MR) is 106 cm³/mol. The van der Waals surface area contributed by atoms with E-state index in [0.717, 1.165) is 35.4 Å².